The Hall–Kier alpha value is -1.46. The summed E-state index contributed by atoms with van der Waals surface area (Å²) < 4.78 is 5.45. The van der Waals surface area contributed by atoms with E-state index in [2.05, 4.69) is 29.3 Å². The molecule has 84 valence electrons. The number of hydrogen-bond acceptors (Lipinski definition) is 2. The lowest BCUT2D eigenvalue weighted by atomic mass is 10.2. The van der Waals surface area contributed by atoms with Crippen LogP contribution < -0.4 is 10.1 Å². The van der Waals surface area contributed by atoms with E-state index in [4.69, 9.17) is 4.74 Å². The van der Waals surface area contributed by atoms with Gasteiger partial charge in [-0.1, -0.05) is 18.1 Å². The summed E-state index contributed by atoms with van der Waals surface area (Å²) in [5.41, 5.74) is 1.31. The van der Waals surface area contributed by atoms with Crippen molar-refractivity contribution in [3.8, 4) is 17.6 Å². The molecule has 0 radical (unpaired) electrons. The maximum Gasteiger partial charge on any atom is 0.149 e. The van der Waals surface area contributed by atoms with E-state index < -0.39 is 0 Å². The molecule has 16 heavy (non-hydrogen) atoms. The van der Waals surface area contributed by atoms with E-state index in [0.29, 0.717) is 6.61 Å². The standard InChI is InChI=1S/C14H17NO/c1-2-3-10-16-14-8-4-12(5-9-14)11-15-13-6-7-13/h4-5,8-9,13,15H,6-7,10-11H2,1H3. The Morgan fingerprint density at radius 3 is 2.69 bits per heavy atom. The monoisotopic (exact) mass is 215 g/mol. The smallest absolute Gasteiger partial charge is 0.149 e. The molecular formula is C14H17NO. The molecule has 0 atom stereocenters. The van der Waals surface area contributed by atoms with Crippen LogP contribution in [0.4, 0.5) is 0 Å². The quantitative estimate of drug-likeness (QED) is 0.761. The Morgan fingerprint density at radius 2 is 2.06 bits per heavy atom. The van der Waals surface area contributed by atoms with Crippen LogP contribution in [0.3, 0.4) is 0 Å². The van der Waals surface area contributed by atoms with Gasteiger partial charge < -0.3 is 10.1 Å². The third-order valence-corrected chi connectivity index (χ3v) is 2.58. The number of nitrogens with one attached hydrogen (secondary N) is 1. The number of hydrogen-bond donors (Lipinski definition) is 1. The highest BCUT2D eigenvalue weighted by molar-refractivity contribution is 5.27. The average Bonchev–Trinajstić information content (AvgIpc) is 3.12. The van der Waals surface area contributed by atoms with Crippen LogP contribution in [-0.4, -0.2) is 12.6 Å². The van der Waals surface area contributed by atoms with Crippen molar-refractivity contribution >= 4 is 0 Å². The highest BCUT2D eigenvalue weighted by Crippen LogP contribution is 2.19. The first kappa shape index (κ1) is 11.0. The van der Waals surface area contributed by atoms with Crippen molar-refractivity contribution in [2.45, 2.75) is 32.4 Å². The molecule has 0 spiro atoms. The highest BCUT2D eigenvalue weighted by Gasteiger charge is 2.19. The van der Waals surface area contributed by atoms with Crippen LogP contribution in [0.25, 0.3) is 0 Å². The molecule has 0 unspecified atom stereocenters. The fourth-order valence-electron chi connectivity index (χ4n) is 1.44. The zero-order valence-corrected chi connectivity index (χ0v) is 9.62. The maximum atomic E-state index is 5.45. The van der Waals surface area contributed by atoms with E-state index in [0.717, 1.165) is 18.3 Å². The second kappa shape index (κ2) is 5.58. The topological polar surface area (TPSA) is 21.3 Å². The lowest BCUT2D eigenvalue weighted by Gasteiger charge is -2.05. The number of rotatable bonds is 5. The van der Waals surface area contributed by atoms with Crippen molar-refractivity contribution in [1.29, 1.82) is 0 Å². The Balaban J connectivity index is 1.79. The summed E-state index contributed by atoms with van der Waals surface area (Å²) in [5.74, 6) is 6.57. The van der Waals surface area contributed by atoms with Crippen LogP contribution in [-0.2, 0) is 6.54 Å². The SMILES string of the molecule is CC#CCOc1ccc(CNC2CC2)cc1. The van der Waals surface area contributed by atoms with Gasteiger partial charge in [-0.2, -0.15) is 0 Å². The van der Waals surface area contributed by atoms with Gasteiger partial charge in [-0.25, -0.2) is 0 Å². The molecule has 2 nitrogen and oxygen atoms in total. The number of benzene rings is 1. The van der Waals surface area contributed by atoms with E-state index >= 15 is 0 Å². The zero-order chi connectivity index (χ0) is 11.2. The van der Waals surface area contributed by atoms with Gasteiger partial charge in [0.1, 0.15) is 12.4 Å². The van der Waals surface area contributed by atoms with Crippen LogP contribution in [0, 0.1) is 11.8 Å². The van der Waals surface area contributed by atoms with Crippen molar-refractivity contribution in [3.05, 3.63) is 29.8 Å². The van der Waals surface area contributed by atoms with Crippen LogP contribution in [0.1, 0.15) is 25.3 Å². The Morgan fingerprint density at radius 1 is 1.31 bits per heavy atom. The zero-order valence-electron chi connectivity index (χ0n) is 9.62. The molecule has 0 bridgehead atoms. The molecule has 0 amide bonds. The van der Waals surface area contributed by atoms with Crippen molar-refractivity contribution in [2.24, 2.45) is 0 Å². The highest BCUT2D eigenvalue weighted by atomic mass is 16.5. The molecule has 1 saturated carbocycles. The van der Waals surface area contributed by atoms with E-state index in [9.17, 15) is 0 Å². The van der Waals surface area contributed by atoms with Gasteiger partial charge in [0.2, 0.25) is 0 Å². The first-order valence-corrected chi connectivity index (χ1v) is 5.73. The van der Waals surface area contributed by atoms with E-state index in [1.54, 1.807) is 0 Å². The maximum absolute atomic E-state index is 5.45. The van der Waals surface area contributed by atoms with Gasteiger partial charge in [0, 0.05) is 12.6 Å². The number of ether oxygens (including phenoxy) is 1. The largest absolute Gasteiger partial charge is 0.481 e. The molecule has 0 saturated heterocycles. The summed E-state index contributed by atoms with van der Waals surface area (Å²) in [6.45, 7) is 3.24. The second-order valence-corrected chi connectivity index (χ2v) is 4.01. The molecule has 1 aliphatic carbocycles. The van der Waals surface area contributed by atoms with Gasteiger partial charge in [-0.3, -0.25) is 0 Å². The molecule has 2 rings (SSSR count). The predicted octanol–water partition coefficient (Wildman–Crippen LogP) is 2.34. The van der Waals surface area contributed by atoms with Gasteiger partial charge in [-0.15, -0.1) is 5.92 Å². The van der Waals surface area contributed by atoms with Crippen LogP contribution in [0.15, 0.2) is 24.3 Å². The first-order chi connectivity index (χ1) is 7.88. The predicted molar refractivity (Wildman–Crippen MR) is 65.2 cm³/mol. The van der Waals surface area contributed by atoms with Crippen molar-refractivity contribution < 1.29 is 4.74 Å². The van der Waals surface area contributed by atoms with Crippen molar-refractivity contribution in [3.63, 3.8) is 0 Å². The summed E-state index contributed by atoms with van der Waals surface area (Å²) in [7, 11) is 0. The molecule has 0 aromatic heterocycles. The second-order valence-electron chi connectivity index (χ2n) is 4.01. The summed E-state index contributed by atoms with van der Waals surface area (Å²) in [5, 5.41) is 3.48. The van der Waals surface area contributed by atoms with Crippen molar-refractivity contribution in [1.82, 2.24) is 5.32 Å². The van der Waals surface area contributed by atoms with Crippen LogP contribution in [0.2, 0.25) is 0 Å². The fraction of sp³-hybridized carbons (Fsp3) is 0.429. The van der Waals surface area contributed by atoms with Gasteiger partial charge in [0.05, 0.1) is 0 Å². The minimum Gasteiger partial charge on any atom is -0.481 e. The molecule has 1 fully saturated rings. The molecular weight excluding hydrogens is 198 g/mol. The molecule has 0 aliphatic heterocycles. The minimum absolute atomic E-state index is 0.468. The lowest BCUT2D eigenvalue weighted by molar-refractivity contribution is 0.370. The molecule has 1 N–H and O–H groups in total. The van der Waals surface area contributed by atoms with E-state index in [1.165, 1.54) is 18.4 Å². The van der Waals surface area contributed by atoms with Crippen LogP contribution in [0.5, 0.6) is 5.75 Å². The van der Waals surface area contributed by atoms with Crippen LogP contribution >= 0.6 is 0 Å². The first-order valence-electron chi connectivity index (χ1n) is 5.73. The van der Waals surface area contributed by atoms with Crippen molar-refractivity contribution in [2.75, 3.05) is 6.61 Å². The summed E-state index contributed by atoms with van der Waals surface area (Å²) >= 11 is 0. The molecule has 1 aromatic carbocycles. The average molecular weight is 215 g/mol. The Labute approximate surface area is 97.0 Å². The van der Waals surface area contributed by atoms with E-state index in [-0.39, 0.29) is 0 Å². The summed E-state index contributed by atoms with van der Waals surface area (Å²) in [6.07, 6.45) is 2.66. The Kier molecular flexibility index (Phi) is 3.85. The van der Waals surface area contributed by atoms with Gasteiger partial charge in [0.25, 0.3) is 0 Å². The third kappa shape index (κ3) is 3.60. The Bertz CT molecular complexity index is 381. The molecule has 1 aliphatic rings. The normalized spacial score (nSPS) is 14.1. The molecule has 1 aromatic rings. The van der Waals surface area contributed by atoms with E-state index in [1.807, 2.05) is 19.1 Å². The molecule has 0 heterocycles. The summed E-state index contributed by atoms with van der Waals surface area (Å²) in [4.78, 5) is 0. The van der Waals surface area contributed by atoms with Gasteiger partial charge in [0.15, 0.2) is 0 Å². The van der Waals surface area contributed by atoms with Gasteiger partial charge in [-0.05, 0) is 37.5 Å². The lowest BCUT2D eigenvalue weighted by Crippen LogP contribution is -2.15. The van der Waals surface area contributed by atoms with Gasteiger partial charge >= 0.3 is 0 Å². The molecule has 2 heteroatoms. The minimum atomic E-state index is 0.468. The summed E-state index contributed by atoms with van der Waals surface area (Å²) in [6, 6.07) is 8.96. The fourth-order valence-corrected chi connectivity index (χ4v) is 1.44. The third-order valence-electron chi connectivity index (χ3n) is 2.58.